The Labute approximate surface area is 87.5 Å². The van der Waals surface area contributed by atoms with Gasteiger partial charge in [0.2, 0.25) is 0 Å². The Morgan fingerprint density at radius 3 is 2.50 bits per heavy atom. The Bertz CT molecular complexity index is 310. The van der Waals surface area contributed by atoms with Crippen molar-refractivity contribution in [2.75, 3.05) is 5.88 Å². The smallest absolute Gasteiger partial charge is 0.164 e. The molecule has 1 aromatic rings. The summed E-state index contributed by atoms with van der Waals surface area (Å²) in [6, 6.07) is 6.03. The maximum absolute atomic E-state index is 11.1. The molecule has 0 saturated carbocycles. The number of hydrogen-bond acceptors (Lipinski definition) is 3. The van der Waals surface area contributed by atoms with E-state index in [2.05, 4.69) is 0 Å². The van der Waals surface area contributed by atoms with Gasteiger partial charge in [-0.1, -0.05) is 12.1 Å². The summed E-state index contributed by atoms with van der Waals surface area (Å²) < 4.78 is 0. The van der Waals surface area contributed by atoms with E-state index in [0.717, 1.165) is 5.56 Å². The molecule has 1 atom stereocenters. The van der Waals surface area contributed by atoms with E-state index in [1.54, 1.807) is 24.3 Å². The lowest BCUT2D eigenvalue weighted by molar-refractivity contribution is -0.117. The molecule has 3 nitrogen and oxygen atoms in total. The SMILES string of the molecule is N[C@@H](Cc1ccc(O)cc1)C(=O)CCl. The average molecular weight is 214 g/mol. The summed E-state index contributed by atoms with van der Waals surface area (Å²) in [6.45, 7) is 0. The van der Waals surface area contributed by atoms with Gasteiger partial charge in [0.25, 0.3) is 0 Å². The van der Waals surface area contributed by atoms with Crippen molar-refractivity contribution < 1.29 is 9.90 Å². The molecule has 0 aliphatic carbocycles. The number of nitrogens with two attached hydrogens (primary N) is 1. The number of phenols is 1. The summed E-state index contributed by atoms with van der Waals surface area (Å²) in [5.41, 5.74) is 6.51. The van der Waals surface area contributed by atoms with Crippen molar-refractivity contribution in [3.63, 3.8) is 0 Å². The van der Waals surface area contributed by atoms with Gasteiger partial charge in [-0.15, -0.1) is 11.6 Å². The van der Waals surface area contributed by atoms with E-state index >= 15 is 0 Å². The van der Waals surface area contributed by atoms with Gasteiger partial charge < -0.3 is 10.8 Å². The van der Waals surface area contributed by atoms with Crippen molar-refractivity contribution in [1.82, 2.24) is 0 Å². The Balaban J connectivity index is 2.60. The highest BCUT2D eigenvalue weighted by atomic mass is 35.5. The molecule has 0 amide bonds. The molecule has 3 N–H and O–H groups in total. The maximum Gasteiger partial charge on any atom is 0.164 e. The molecule has 0 aliphatic rings. The van der Waals surface area contributed by atoms with Crippen molar-refractivity contribution in [3.05, 3.63) is 29.8 Å². The third kappa shape index (κ3) is 3.01. The fourth-order valence-corrected chi connectivity index (χ4v) is 1.30. The number of Topliss-reactive ketones (excluding diaryl/α,β-unsaturated/α-hetero) is 1. The molecule has 76 valence electrons. The van der Waals surface area contributed by atoms with E-state index in [1.165, 1.54) is 0 Å². The number of carbonyl (C=O) groups is 1. The lowest BCUT2D eigenvalue weighted by Crippen LogP contribution is -2.33. The van der Waals surface area contributed by atoms with Crippen LogP contribution in [0.2, 0.25) is 0 Å². The molecule has 1 aromatic carbocycles. The van der Waals surface area contributed by atoms with Gasteiger partial charge in [-0.2, -0.15) is 0 Å². The van der Waals surface area contributed by atoms with Gasteiger partial charge in [0, 0.05) is 0 Å². The first kappa shape index (κ1) is 11.0. The Morgan fingerprint density at radius 1 is 1.43 bits per heavy atom. The van der Waals surface area contributed by atoms with E-state index in [-0.39, 0.29) is 17.4 Å². The number of phenolic OH excluding ortho intramolecular Hbond substituents is 1. The summed E-state index contributed by atoms with van der Waals surface area (Å²) in [5.74, 6) is -0.0232. The third-order valence-corrected chi connectivity index (χ3v) is 2.20. The first-order valence-electron chi connectivity index (χ1n) is 4.25. The monoisotopic (exact) mass is 213 g/mol. The van der Waals surface area contributed by atoms with E-state index in [4.69, 9.17) is 22.4 Å². The quantitative estimate of drug-likeness (QED) is 0.736. The van der Waals surface area contributed by atoms with Gasteiger partial charge >= 0.3 is 0 Å². The average Bonchev–Trinajstić information content (AvgIpc) is 2.20. The first-order valence-corrected chi connectivity index (χ1v) is 4.79. The zero-order chi connectivity index (χ0) is 10.6. The number of ketones is 1. The van der Waals surface area contributed by atoms with Gasteiger partial charge in [-0.05, 0) is 24.1 Å². The molecule has 0 fully saturated rings. The second-order valence-corrected chi connectivity index (χ2v) is 3.34. The van der Waals surface area contributed by atoms with Gasteiger partial charge in [0.15, 0.2) is 5.78 Å². The number of hydrogen-bond donors (Lipinski definition) is 2. The Kier molecular flexibility index (Phi) is 3.92. The molecule has 0 unspecified atom stereocenters. The van der Waals surface area contributed by atoms with Gasteiger partial charge in [0.05, 0.1) is 11.9 Å². The summed E-state index contributed by atoms with van der Waals surface area (Å²) in [4.78, 5) is 11.1. The fourth-order valence-electron chi connectivity index (χ4n) is 1.10. The lowest BCUT2D eigenvalue weighted by Gasteiger charge is -2.08. The summed E-state index contributed by atoms with van der Waals surface area (Å²) >= 11 is 5.37. The standard InChI is InChI=1S/C10H12ClNO2/c11-6-10(14)9(12)5-7-1-3-8(13)4-2-7/h1-4,9,13H,5-6,12H2/t9-/m0/s1. The van der Waals surface area contributed by atoms with E-state index in [0.29, 0.717) is 6.42 Å². The first-order chi connectivity index (χ1) is 6.63. The van der Waals surface area contributed by atoms with Crippen LogP contribution in [0, 0.1) is 0 Å². The largest absolute Gasteiger partial charge is 0.508 e. The minimum absolute atomic E-state index is 0.0563. The highest BCUT2D eigenvalue weighted by molar-refractivity contribution is 6.28. The second kappa shape index (κ2) is 4.98. The third-order valence-electron chi connectivity index (χ3n) is 1.94. The molecular formula is C10H12ClNO2. The molecular weight excluding hydrogens is 202 g/mol. The second-order valence-electron chi connectivity index (χ2n) is 3.08. The zero-order valence-corrected chi connectivity index (χ0v) is 8.37. The molecule has 0 spiro atoms. The van der Waals surface area contributed by atoms with Crippen LogP contribution in [0.4, 0.5) is 0 Å². The van der Waals surface area contributed by atoms with Crippen LogP contribution in [-0.2, 0) is 11.2 Å². The van der Waals surface area contributed by atoms with Crippen LogP contribution in [0.3, 0.4) is 0 Å². The highest BCUT2D eigenvalue weighted by Crippen LogP contribution is 2.11. The van der Waals surface area contributed by atoms with Crippen LogP contribution in [0.5, 0.6) is 5.75 Å². The minimum atomic E-state index is -0.558. The molecule has 14 heavy (non-hydrogen) atoms. The highest BCUT2D eigenvalue weighted by Gasteiger charge is 2.12. The van der Waals surface area contributed by atoms with Crippen molar-refractivity contribution in [2.24, 2.45) is 5.73 Å². The fraction of sp³-hybridized carbons (Fsp3) is 0.300. The van der Waals surface area contributed by atoms with Gasteiger partial charge in [0.1, 0.15) is 5.75 Å². The molecule has 0 aromatic heterocycles. The molecule has 0 heterocycles. The summed E-state index contributed by atoms with van der Waals surface area (Å²) in [5, 5.41) is 9.03. The normalized spacial score (nSPS) is 12.4. The van der Waals surface area contributed by atoms with E-state index < -0.39 is 6.04 Å². The number of aromatic hydroxyl groups is 1. The number of halogens is 1. The molecule has 0 saturated heterocycles. The molecule has 4 heteroatoms. The van der Waals surface area contributed by atoms with Crippen molar-refractivity contribution in [3.8, 4) is 5.75 Å². The topological polar surface area (TPSA) is 63.3 Å². The molecule has 0 radical (unpaired) electrons. The van der Waals surface area contributed by atoms with Crippen LogP contribution < -0.4 is 5.73 Å². The van der Waals surface area contributed by atoms with Crippen LogP contribution in [-0.4, -0.2) is 22.8 Å². The predicted octanol–water partition coefficient (Wildman–Crippen LogP) is 1.07. The summed E-state index contributed by atoms with van der Waals surface area (Å²) in [7, 11) is 0. The maximum atomic E-state index is 11.1. The number of carbonyl (C=O) groups excluding carboxylic acids is 1. The molecule has 0 aliphatic heterocycles. The van der Waals surface area contributed by atoms with Crippen LogP contribution in [0.1, 0.15) is 5.56 Å². The Hall–Kier alpha value is -1.06. The number of rotatable bonds is 4. The number of benzene rings is 1. The van der Waals surface area contributed by atoms with E-state index in [9.17, 15) is 4.79 Å². The van der Waals surface area contributed by atoms with Crippen LogP contribution >= 0.6 is 11.6 Å². The zero-order valence-electron chi connectivity index (χ0n) is 7.61. The van der Waals surface area contributed by atoms with Crippen molar-refractivity contribution in [1.29, 1.82) is 0 Å². The number of alkyl halides is 1. The van der Waals surface area contributed by atoms with Crippen molar-refractivity contribution in [2.45, 2.75) is 12.5 Å². The molecule has 0 bridgehead atoms. The molecule has 1 rings (SSSR count). The van der Waals surface area contributed by atoms with Gasteiger partial charge in [-0.25, -0.2) is 0 Å². The summed E-state index contributed by atoms with van der Waals surface area (Å²) in [6.07, 6.45) is 0.450. The minimum Gasteiger partial charge on any atom is -0.508 e. The van der Waals surface area contributed by atoms with Crippen molar-refractivity contribution >= 4 is 17.4 Å². The predicted molar refractivity (Wildman–Crippen MR) is 55.5 cm³/mol. The van der Waals surface area contributed by atoms with Gasteiger partial charge in [-0.3, -0.25) is 4.79 Å². The van der Waals surface area contributed by atoms with E-state index in [1.807, 2.05) is 0 Å². The van der Waals surface area contributed by atoms with Crippen LogP contribution in [0.25, 0.3) is 0 Å². The van der Waals surface area contributed by atoms with Crippen LogP contribution in [0.15, 0.2) is 24.3 Å². The Morgan fingerprint density at radius 2 is 2.00 bits per heavy atom. The lowest BCUT2D eigenvalue weighted by atomic mass is 10.0.